The first-order valence-corrected chi connectivity index (χ1v) is 8.42. The maximum absolute atomic E-state index is 5.82. The van der Waals surface area contributed by atoms with E-state index >= 15 is 0 Å². The first-order chi connectivity index (χ1) is 11.3. The highest BCUT2D eigenvalue weighted by Gasteiger charge is 2.12. The lowest BCUT2D eigenvalue weighted by Crippen LogP contribution is -2.44. The largest absolute Gasteiger partial charge is 0.493 e. The normalized spacial score (nSPS) is 16.4. The van der Waals surface area contributed by atoms with E-state index < -0.39 is 0 Å². The van der Waals surface area contributed by atoms with Crippen molar-refractivity contribution in [1.82, 2.24) is 9.80 Å². The summed E-state index contributed by atoms with van der Waals surface area (Å²) in [6.07, 6.45) is 1.07. The second-order valence-corrected chi connectivity index (χ2v) is 6.15. The van der Waals surface area contributed by atoms with E-state index in [2.05, 4.69) is 53.2 Å². The van der Waals surface area contributed by atoms with Crippen LogP contribution in [0.2, 0.25) is 0 Å². The molecule has 1 aliphatic heterocycles. The molecule has 2 aromatic rings. The molecule has 3 nitrogen and oxygen atoms in total. The zero-order valence-corrected chi connectivity index (χ0v) is 13.9. The highest BCUT2D eigenvalue weighted by Crippen LogP contribution is 2.21. The molecule has 0 N–H and O–H groups in total. The Kier molecular flexibility index (Phi) is 5.67. The minimum atomic E-state index is 0.757. The molecule has 0 bridgehead atoms. The van der Waals surface area contributed by atoms with Crippen LogP contribution in [0.4, 0.5) is 0 Å². The minimum Gasteiger partial charge on any atom is -0.493 e. The first-order valence-electron chi connectivity index (χ1n) is 8.42. The van der Waals surface area contributed by atoms with Gasteiger partial charge in [-0.15, -0.1) is 0 Å². The van der Waals surface area contributed by atoms with E-state index in [1.54, 1.807) is 0 Å². The van der Waals surface area contributed by atoms with Crippen molar-refractivity contribution >= 4 is 0 Å². The summed E-state index contributed by atoms with van der Waals surface area (Å²) in [4.78, 5) is 4.90. The van der Waals surface area contributed by atoms with Crippen molar-refractivity contribution in [2.24, 2.45) is 0 Å². The van der Waals surface area contributed by atoms with Crippen LogP contribution in [0.1, 0.15) is 6.42 Å². The monoisotopic (exact) mass is 309 g/mol. The molecule has 0 unspecified atom stereocenters. The van der Waals surface area contributed by atoms with Gasteiger partial charge in [-0.05, 0) is 36.7 Å². The van der Waals surface area contributed by atoms with Gasteiger partial charge in [-0.25, -0.2) is 0 Å². The lowest BCUT2D eigenvalue weighted by molar-refractivity contribution is 0.145. The molecule has 0 aliphatic carbocycles. The van der Waals surface area contributed by atoms with Crippen LogP contribution in [-0.4, -0.2) is 56.2 Å². The maximum atomic E-state index is 5.82. The van der Waals surface area contributed by atoms with Gasteiger partial charge in [0, 0.05) is 38.8 Å². The molecule has 3 heteroatoms. The van der Waals surface area contributed by atoms with Gasteiger partial charge >= 0.3 is 0 Å². The smallest absolute Gasteiger partial charge is 0.127 e. The van der Waals surface area contributed by atoms with Gasteiger partial charge in [-0.3, -0.25) is 0 Å². The van der Waals surface area contributed by atoms with E-state index in [0.29, 0.717) is 0 Å². The number of hydrogen-bond donors (Lipinski definition) is 0. The van der Waals surface area contributed by atoms with Gasteiger partial charge in [-0.2, -0.15) is 0 Å². The average Bonchev–Trinajstić information content (AvgIpc) is 2.62. The molecule has 121 valence electrons. The molecule has 1 heterocycles. The Morgan fingerprint density at radius 2 is 1.74 bits per heavy atom. The van der Waals surface area contributed by atoms with E-state index in [0.717, 1.165) is 25.3 Å². The van der Waals surface area contributed by atoms with Gasteiger partial charge in [0.1, 0.15) is 5.75 Å². The fourth-order valence-electron chi connectivity index (χ4n) is 2.85. The fourth-order valence-corrected chi connectivity index (χ4v) is 2.85. The van der Waals surface area contributed by atoms with Gasteiger partial charge in [0.25, 0.3) is 0 Å². The van der Waals surface area contributed by atoms with Crippen molar-refractivity contribution < 1.29 is 4.74 Å². The van der Waals surface area contributed by atoms with Gasteiger partial charge in [0.2, 0.25) is 0 Å². The van der Waals surface area contributed by atoms with Crippen molar-refractivity contribution in [2.75, 3.05) is 46.4 Å². The van der Waals surface area contributed by atoms with Crippen molar-refractivity contribution in [2.45, 2.75) is 6.42 Å². The number of piperazine rings is 1. The molecule has 0 atom stereocenters. The van der Waals surface area contributed by atoms with Crippen LogP contribution in [0.3, 0.4) is 0 Å². The molecule has 1 radical (unpaired) electrons. The van der Waals surface area contributed by atoms with Gasteiger partial charge in [0.05, 0.1) is 6.61 Å². The maximum Gasteiger partial charge on any atom is 0.127 e. The summed E-state index contributed by atoms with van der Waals surface area (Å²) >= 11 is 0. The van der Waals surface area contributed by atoms with Crippen LogP contribution in [0.5, 0.6) is 5.75 Å². The zero-order valence-electron chi connectivity index (χ0n) is 13.9. The summed E-state index contributed by atoms with van der Waals surface area (Å²) in [5.74, 6) is 0.836. The lowest BCUT2D eigenvalue weighted by atomic mass is 10.1. The number of ether oxygens (including phenoxy) is 1. The molecule has 1 saturated heterocycles. The van der Waals surface area contributed by atoms with Crippen LogP contribution in [-0.2, 0) is 0 Å². The Balaban J connectivity index is 1.41. The SMILES string of the molecule is CN1CCN(CCCOc2[c]cc(-c3ccccc3)cc2)CC1. The van der Waals surface area contributed by atoms with Crippen LogP contribution in [0, 0.1) is 6.07 Å². The van der Waals surface area contributed by atoms with E-state index in [-0.39, 0.29) is 0 Å². The molecule has 0 amide bonds. The number of rotatable bonds is 6. The summed E-state index contributed by atoms with van der Waals surface area (Å²) in [6, 6.07) is 19.7. The Morgan fingerprint density at radius 3 is 2.43 bits per heavy atom. The molecule has 0 aromatic heterocycles. The topological polar surface area (TPSA) is 15.7 Å². The summed E-state index contributed by atoms with van der Waals surface area (Å²) in [7, 11) is 2.19. The summed E-state index contributed by atoms with van der Waals surface area (Å²) in [5, 5.41) is 0. The second-order valence-electron chi connectivity index (χ2n) is 6.15. The summed E-state index contributed by atoms with van der Waals surface area (Å²) in [6.45, 7) is 6.58. The third-order valence-corrected chi connectivity index (χ3v) is 4.36. The lowest BCUT2D eigenvalue weighted by Gasteiger charge is -2.32. The zero-order chi connectivity index (χ0) is 15.9. The van der Waals surface area contributed by atoms with Crippen LogP contribution in [0.15, 0.2) is 48.5 Å². The molecular formula is C20H25N2O. The van der Waals surface area contributed by atoms with Crippen molar-refractivity contribution in [3.8, 4) is 16.9 Å². The van der Waals surface area contributed by atoms with Crippen molar-refractivity contribution in [3.05, 3.63) is 54.6 Å². The molecule has 3 rings (SSSR count). The van der Waals surface area contributed by atoms with E-state index in [1.165, 1.54) is 37.3 Å². The third kappa shape index (κ3) is 4.81. The number of benzene rings is 2. The number of hydrogen-bond acceptors (Lipinski definition) is 3. The molecule has 23 heavy (non-hydrogen) atoms. The standard InChI is InChI=1S/C20H25N2O/c1-21-13-15-22(16-14-21)12-5-17-23-20-10-8-19(9-11-20)18-6-3-2-4-7-18/h2-4,6-10H,5,12-17H2,1H3. The predicted molar refractivity (Wildman–Crippen MR) is 94.8 cm³/mol. The van der Waals surface area contributed by atoms with Crippen molar-refractivity contribution in [3.63, 3.8) is 0 Å². The quantitative estimate of drug-likeness (QED) is 0.762. The molecule has 1 aliphatic rings. The van der Waals surface area contributed by atoms with Crippen LogP contribution in [0.25, 0.3) is 11.1 Å². The second kappa shape index (κ2) is 8.14. The van der Waals surface area contributed by atoms with Gasteiger partial charge in [0.15, 0.2) is 0 Å². The summed E-state index contributed by atoms with van der Waals surface area (Å²) < 4.78 is 5.82. The fraction of sp³-hybridized carbons (Fsp3) is 0.400. The Bertz CT molecular complexity index is 574. The first kappa shape index (κ1) is 16.0. The predicted octanol–water partition coefficient (Wildman–Crippen LogP) is 3.17. The Labute approximate surface area is 139 Å². The highest BCUT2D eigenvalue weighted by molar-refractivity contribution is 5.63. The Morgan fingerprint density at radius 1 is 0.957 bits per heavy atom. The molecule has 0 saturated carbocycles. The molecule has 2 aromatic carbocycles. The van der Waals surface area contributed by atoms with Crippen molar-refractivity contribution in [1.29, 1.82) is 0 Å². The molecule has 0 spiro atoms. The average molecular weight is 309 g/mol. The number of likely N-dealkylation sites (N-methyl/N-ethyl adjacent to an activating group) is 1. The third-order valence-electron chi connectivity index (χ3n) is 4.36. The summed E-state index contributed by atoms with van der Waals surface area (Å²) in [5.41, 5.74) is 2.39. The number of nitrogens with zero attached hydrogens (tertiary/aromatic N) is 2. The Hall–Kier alpha value is -1.84. The van der Waals surface area contributed by atoms with Gasteiger partial charge in [-0.1, -0.05) is 36.4 Å². The van der Waals surface area contributed by atoms with Crippen LogP contribution < -0.4 is 4.74 Å². The van der Waals surface area contributed by atoms with Crippen LogP contribution >= 0.6 is 0 Å². The van der Waals surface area contributed by atoms with E-state index in [1.807, 2.05) is 18.2 Å². The molecular weight excluding hydrogens is 284 g/mol. The van der Waals surface area contributed by atoms with Gasteiger partial charge < -0.3 is 14.5 Å². The van der Waals surface area contributed by atoms with E-state index in [4.69, 9.17) is 4.74 Å². The van der Waals surface area contributed by atoms with E-state index in [9.17, 15) is 0 Å². The minimum absolute atomic E-state index is 0.757. The molecule has 1 fully saturated rings. The highest BCUT2D eigenvalue weighted by atomic mass is 16.5.